The summed E-state index contributed by atoms with van der Waals surface area (Å²) in [5.74, 6) is -4.30. The lowest BCUT2D eigenvalue weighted by Gasteiger charge is -2.09. The summed E-state index contributed by atoms with van der Waals surface area (Å²) in [5, 5.41) is 30.3. The maximum atomic E-state index is 12.1. The van der Waals surface area contributed by atoms with Crippen LogP contribution in [-0.4, -0.2) is 45.2 Å². The van der Waals surface area contributed by atoms with Crippen LogP contribution < -0.4 is 5.32 Å². The average molecular weight is 354 g/mol. The summed E-state index contributed by atoms with van der Waals surface area (Å²) in [4.78, 5) is 25.6. The Bertz CT molecular complexity index is 939. The van der Waals surface area contributed by atoms with Gasteiger partial charge >= 0.3 is 5.97 Å². The monoisotopic (exact) mass is 354 g/mol. The highest BCUT2D eigenvalue weighted by Gasteiger charge is 2.23. The summed E-state index contributed by atoms with van der Waals surface area (Å²) in [5.41, 5.74) is -0.829. The number of carbonyl (C=O) groups excluding carboxylic acids is 1. The van der Waals surface area contributed by atoms with Crippen LogP contribution in [0.3, 0.4) is 0 Å². The van der Waals surface area contributed by atoms with Gasteiger partial charge in [-0.05, 0) is 18.2 Å². The Labute approximate surface area is 134 Å². The van der Waals surface area contributed by atoms with Crippen molar-refractivity contribution in [2.45, 2.75) is 4.90 Å². The number of aromatic carboxylic acids is 1. The third kappa shape index (κ3) is 3.59. The second-order valence-corrected chi connectivity index (χ2v) is 5.89. The highest BCUT2D eigenvalue weighted by molar-refractivity contribution is 7.86. The van der Waals surface area contributed by atoms with Crippen molar-refractivity contribution in [1.29, 1.82) is 0 Å². The zero-order valence-corrected chi connectivity index (χ0v) is 12.5. The zero-order chi connectivity index (χ0) is 18.1. The van der Waals surface area contributed by atoms with E-state index < -0.39 is 44.0 Å². The quantitative estimate of drug-likeness (QED) is 0.391. The number of hydrogen-bond donors (Lipinski definition) is 5. The van der Waals surface area contributed by atoms with Gasteiger partial charge in [0.25, 0.3) is 16.0 Å². The minimum Gasteiger partial charge on any atom is -0.508 e. The van der Waals surface area contributed by atoms with Crippen LogP contribution in [0.25, 0.3) is 0 Å². The van der Waals surface area contributed by atoms with Gasteiger partial charge in [-0.2, -0.15) is 8.42 Å². The van der Waals surface area contributed by atoms with Crippen LogP contribution in [0.1, 0.15) is 20.7 Å². The molecule has 1 aromatic heterocycles. The van der Waals surface area contributed by atoms with Crippen molar-refractivity contribution in [3.63, 3.8) is 0 Å². The predicted molar refractivity (Wildman–Crippen MR) is 78.7 cm³/mol. The van der Waals surface area contributed by atoms with Gasteiger partial charge in [0.1, 0.15) is 22.2 Å². The lowest BCUT2D eigenvalue weighted by atomic mass is 10.1. The smallest absolute Gasteiger partial charge is 0.335 e. The van der Waals surface area contributed by atoms with Crippen LogP contribution in [0, 0.1) is 0 Å². The maximum Gasteiger partial charge on any atom is 0.335 e. The third-order valence-electron chi connectivity index (χ3n) is 2.83. The van der Waals surface area contributed by atoms with Crippen LogP contribution >= 0.6 is 0 Å². The molecule has 11 heteroatoms. The molecule has 2 aromatic rings. The van der Waals surface area contributed by atoms with E-state index in [-0.39, 0.29) is 11.4 Å². The number of carboxylic acids is 1. The van der Waals surface area contributed by atoms with Gasteiger partial charge < -0.3 is 20.6 Å². The standard InChI is InChI=1S/C13H10N2O8S/c16-7-4-8(11(17)9(5-7)24(21,22)23)12(18)15-10-3-6(13(19)20)1-2-14-10/h1-5,16-17H,(H,19,20)(H,14,15,18)(H,21,22,23). The lowest BCUT2D eigenvalue weighted by molar-refractivity contribution is 0.0696. The highest BCUT2D eigenvalue weighted by atomic mass is 32.2. The number of benzene rings is 1. The number of amides is 1. The van der Waals surface area contributed by atoms with Crippen LogP contribution in [0.2, 0.25) is 0 Å². The second kappa shape index (κ2) is 6.14. The van der Waals surface area contributed by atoms with Crippen LogP contribution in [0.15, 0.2) is 35.4 Å². The van der Waals surface area contributed by atoms with Crippen molar-refractivity contribution in [2.75, 3.05) is 5.32 Å². The van der Waals surface area contributed by atoms with Gasteiger partial charge in [0, 0.05) is 12.3 Å². The summed E-state index contributed by atoms with van der Waals surface area (Å²) in [6.07, 6.45) is 1.12. The third-order valence-corrected chi connectivity index (χ3v) is 3.70. The molecule has 1 heterocycles. The van der Waals surface area contributed by atoms with Gasteiger partial charge in [0.05, 0.1) is 11.1 Å². The number of carboxylic acid groups (broad SMARTS) is 1. The molecule has 0 aliphatic heterocycles. The summed E-state index contributed by atoms with van der Waals surface area (Å²) in [6, 6.07) is 3.54. The van der Waals surface area contributed by atoms with Gasteiger partial charge in [-0.15, -0.1) is 0 Å². The predicted octanol–water partition coefficient (Wildman–Crippen LogP) is 0.690. The number of phenolic OH excluding ortho intramolecular Hbond substituents is 2. The Hall–Kier alpha value is -3.18. The fourth-order valence-corrected chi connectivity index (χ4v) is 2.40. The molecule has 0 unspecified atom stereocenters. The topological polar surface area (TPSA) is 174 Å². The first kappa shape index (κ1) is 17.2. The van der Waals surface area contributed by atoms with E-state index in [1.807, 2.05) is 0 Å². The van der Waals surface area contributed by atoms with Gasteiger partial charge in [0.2, 0.25) is 0 Å². The molecule has 1 aromatic carbocycles. The second-order valence-electron chi connectivity index (χ2n) is 4.50. The Morgan fingerprint density at radius 1 is 1.12 bits per heavy atom. The fourth-order valence-electron chi connectivity index (χ4n) is 1.78. The summed E-state index contributed by atoms with van der Waals surface area (Å²) in [7, 11) is -4.89. The molecule has 0 radical (unpaired) electrons. The van der Waals surface area contributed by atoms with Gasteiger partial charge in [-0.1, -0.05) is 0 Å². The zero-order valence-electron chi connectivity index (χ0n) is 11.7. The molecule has 5 N–H and O–H groups in total. The van der Waals surface area contributed by atoms with E-state index in [4.69, 9.17) is 9.66 Å². The van der Waals surface area contributed by atoms with Gasteiger partial charge in [0.15, 0.2) is 0 Å². The molecule has 0 fully saturated rings. The number of aromatic nitrogens is 1. The van der Waals surface area contributed by atoms with E-state index in [9.17, 15) is 28.2 Å². The van der Waals surface area contributed by atoms with E-state index >= 15 is 0 Å². The van der Waals surface area contributed by atoms with Crippen molar-refractivity contribution in [3.8, 4) is 11.5 Å². The molecule has 1 amide bonds. The molecule has 126 valence electrons. The maximum absolute atomic E-state index is 12.1. The number of nitrogens with zero attached hydrogens (tertiary/aromatic N) is 1. The van der Waals surface area contributed by atoms with E-state index in [1.54, 1.807) is 0 Å². The van der Waals surface area contributed by atoms with E-state index in [2.05, 4.69) is 10.3 Å². The molecule has 2 rings (SSSR count). The first-order chi connectivity index (χ1) is 11.1. The van der Waals surface area contributed by atoms with Gasteiger partial charge in [-0.25, -0.2) is 9.78 Å². The van der Waals surface area contributed by atoms with E-state index in [0.29, 0.717) is 6.07 Å². The molecule has 0 saturated heterocycles. The Morgan fingerprint density at radius 3 is 2.38 bits per heavy atom. The largest absolute Gasteiger partial charge is 0.508 e. The summed E-state index contributed by atoms with van der Waals surface area (Å²) in [6.45, 7) is 0. The normalized spacial score (nSPS) is 11.0. The number of phenols is 2. The number of nitrogens with one attached hydrogen (secondary N) is 1. The Balaban J connectivity index is 2.42. The molecular weight excluding hydrogens is 344 g/mol. The molecular formula is C13H10N2O8S. The van der Waals surface area contributed by atoms with Crippen LogP contribution in [-0.2, 0) is 10.1 Å². The molecule has 10 nitrogen and oxygen atoms in total. The van der Waals surface area contributed by atoms with E-state index in [0.717, 1.165) is 18.3 Å². The molecule has 0 saturated carbocycles. The first-order valence-electron chi connectivity index (χ1n) is 6.13. The number of carbonyl (C=O) groups is 2. The van der Waals surface area contributed by atoms with Crippen LogP contribution in [0.5, 0.6) is 11.5 Å². The average Bonchev–Trinajstić information content (AvgIpc) is 2.48. The van der Waals surface area contributed by atoms with Crippen molar-refractivity contribution in [3.05, 3.63) is 41.6 Å². The SMILES string of the molecule is O=C(O)c1ccnc(NC(=O)c2cc(O)cc(S(=O)(=O)O)c2O)c1. The Morgan fingerprint density at radius 2 is 1.79 bits per heavy atom. The molecule has 0 spiro atoms. The minimum atomic E-state index is -4.89. The van der Waals surface area contributed by atoms with Crippen molar-refractivity contribution in [2.24, 2.45) is 0 Å². The number of hydrogen-bond acceptors (Lipinski definition) is 7. The molecule has 0 bridgehead atoms. The number of rotatable bonds is 4. The number of pyridine rings is 1. The minimum absolute atomic E-state index is 0.168. The lowest BCUT2D eigenvalue weighted by Crippen LogP contribution is -2.15. The first-order valence-corrected chi connectivity index (χ1v) is 7.58. The van der Waals surface area contributed by atoms with E-state index in [1.165, 1.54) is 6.07 Å². The van der Waals surface area contributed by atoms with Crippen molar-refractivity contribution in [1.82, 2.24) is 4.98 Å². The number of aromatic hydroxyl groups is 2. The van der Waals surface area contributed by atoms with Crippen molar-refractivity contribution < 1.29 is 37.9 Å². The number of anilines is 1. The summed E-state index contributed by atoms with van der Waals surface area (Å²) >= 11 is 0. The van der Waals surface area contributed by atoms with Crippen molar-refractivity contribution >= 4 is 27.8 Å². The van der Waals surface area contributed by atoms with Gasteiger partial charge in [-0.3, -0.25) is 9.35 Å². The highest BCUT2D eigenvalue weighted by Crippen LogP contribution is 2.31. The summed E-state index contributed by atoms with van der Waals surface area (Å²) < 4.78 is 31.2. The molecule has 24 heavy (non-hydrogen) atoms. The molecule has 0 aliphatic carbocycles. The molecule has 0 aliphatic rings. The molecule has 0 atom stereocenters. The fraction of sp³-hybridized carbons (Fsp3) is 0. The van der Waals surface area contributed by atoms with Crippen LogP contribution in [0.4, 0.5) is 5.82 Å². The Kier molecular flexibility index (Phi) is 4.39.